The molecule has 4 N–H and O–H groups in total. The fraction of sp³-hybridized carbons (Fsp3) is 0.900. The van der Waals surface area contributed by atoms with Gasteiger partial charge in [-0.2, -0.15) is 12.7 Å². The lowest BCUT2D eigenvalue weighted by Gasteiger charge is -2.23. The minimum Gasteiger partial charge on any atom is -0.388 e. The normalized spacial score (nSPS) is 12.3. The zero-order chi connectivity index (χ0) is 13.5. The lowest BCUT2D eigenvalue weighted by atomic mass is 10.2. The van der Waals surface area contributed by atoms with E-state index in [4.69, 9.17) is 11.1 Å². The van der Waals surface area contributed by atoms with Crippen LogP contribution in [0.5, 0.6) is 0 Å². The first kappa shape index (κ1) is 16.3. The highest BCUT2D eigenvalue weighted by molar-refractivity contribution is 7.87. The number of hydrogen-bond donors (Lipinski definition) is 3. The molecular weight excluding hydrogens is 240 g/mol. The van der Waals surface area contributed by atoms with Crippen LogP contribution < -0.4 is 10.5 Å². The van der Waals surface area contributed by atoms with Gasteiger partial charge in [0.2, 0.25) is 0 Å². The van der Waals surface area contributed by atoms with Gasteiger partial charge in [-0.05, 0) is 12.3 Å². The molecule has 0 atom stereocenters. The van der Waals surface area contributed by atoms with Crippen molar-refractivity contribution in [1.82, 2.24) is 9.03 Å². The first-order valence-electron chi connectivity index (χ1n) is 5.87. The van der Waals surface area contributed by atoms with Gasteiger partial charge in [-0.25, -0.2) is 4.72 Å². The Balaban J connectivity index is 4.59. The van der Waals surface area contributed by atoms with E-state index < -0.39 is 10.2 Å². The summed E-state index contributed by atoms with van der Waals surface area (Å²) >= 11 is 0. The van der Waals surface area contributed by atoms with Crippen LogP contribution in [0.25, 0.3) is 0 Å². The molecule has 0 bridgehead atoms. The van der Waals surface area contributed by atoms with Crippen molar-refractivity contribution in [3.05, 3.63) is 0 Å². The first-order chi connectivity index (χ1) is 7.79. The van der Waals surface area contributed by atoms with E-state index in [0.29, 0.717) is 13.1 Å². The molecule has 0 saturated heterocycles. The van der Waals surface area contributed by atoms with Crippen molar-refractivity contribution in [3.63, 3.8) is 0 Å². The Hall–Kier alpha value is -0.660. The largest absolute Gasteiger partial charge is 0.388 e. The second kappa shape index (κ2) is 7.62. The van der Waals surface area contributed by atoms with Gasteiger partial charge in [-0.3, -0.25) is 5.41 Å². The Morgan fingerprint density at radius 3 is 2.47 bits per heavy atom. The predicted octanol–water partition coefficient (Wildman–Crippen LogP) is 0.515. The third kappa shape index (κ3) is 7.30. The minimum atomic E-state index is -3.44. The Morgan fingerprint density at radius 1 is 1.47 bits per heavy atom. The molecule has 0 aromatic heterocycles. The molecule has 0 fully saturated rings. The van der Waals surface area contributed by atoms with Gasteiger partial charge in [0.05, 0.1) is 5.84 Å². The Kier molecular flexibility index (Phi) is 7.33. The summed E-state index contributed by atoms with van der Waals surface area (Å²) in [6.07, 6.45) is 1.02. The van der Waals surface area contributed by atoms with Gasteiger partial charge in [0.1, 0.15) is 0 Å². The van der Waals surface area contributed by atoms with E-state index in [9.17, 15) is 8.42 Å². The molecule has 7 heteroatoms. The molecule has 0 rings (SSSR count). The van der Waals surface area contributed by atoms with Crippen LogP contribution in [-0.2, 0) is 10.2 Å². The van der Waals surface area contributed by atoms with E-state index in [1.165, 1.54) is 4.31 Å². The summed E-state index contributed by atoms with van der Waals surface area (Å²) in [4.78, 5) is 0. The zero-order valence-corrected chi connectivity index (χ0v) is 11.7. The van der Waals surface area contributed by atoms with Gasteiger partial charge >= 0.3 is 0 Å². The van der Waals surface area contributed by atoms with Crippen LogP contribution in [0.1, 0.15) is 33.6 Å². The fourth-order valence-corrected chi connectivity index (χ4v) is 2.76. The van der Waals surface area contributed by atoms with Crippen LogP contribution in [0.4, 0.5) is 0 Å². The van der Waals surface area contributed by atoms with E-state index in [0.717, 1.165) is 6.42 Å². The van der Waals surface area contributed by atoms with E-state index in [2.05, 4.69) is 4.72 Å². The molecule has 0 heterocycles. The van der Waals surface area contributed by atoms with Crippen LogP contribution >= 0.6 is 0 Å². The molecule has 0 amide bonds. The Bertz CT molecular complexity index is 327. The molecule has 0 saturated carbocycles. The molecule has 17 heavy (non-hydrogen) atoms. The molecule has 0 aromatic rings. The van der Waals surface area contributed by atoms with Crippen molar-refractivity contribution in [3.8, 4) is 0 Å². The van der Waals surface area contributed by atoms with Crippen LogP contribution in [-0.4, -0.2) is 38.2 Å². The average Bonchev–Trinajstić information content (AvgIpc) is 2.20. The molecule has 6 nitrogen and oxygen atoms in total. The summed E-state index contributed by atoms with van der Waals surface area (Å²) in [6, 6.07) is 0. The molecule has 102 valence electrons. The Labute approximate surface area is 104 Å². The first-order valence-corrected chi connectivity index (χ1v) is 7.31. The van der Waals surface area contributed by atoms with Crippen molar-refractivity contribution in [2.24, 2.45) is 11.7 Å². The van der Waals surface area contributed by atoms with Crippen molar-refractivity contribution in [1.29, 1.82) is 5.41 Å². The molecule has 0 unspecified atom stereocenters. The van der Waals surface area contributed by atoms with Crippen molar-refractivity contribution in [2.75, 3.05) is 19.6 Å². The van der Waals surface area contributed by atoms with Crippen LogP contribution in [0, 0.1) is 11.3 Å². The van der Waals surface area contributed by atoms with Crippen LogP contribution in [0.3, 0.4) is 0 Å². The second-order valence-electron chi connectivity index (χ2n) is 4.43. The molecule has 0 aliphatic heterocycles. The van der Waals surface area contributed by atoms with Gasteiger partial charge < -0.3 is 5.73 Å². The predicted molar refractivity (Wildman–Crippen MR) is 70.2 cm³/mol. The van der Waals surface area contributed by atoms with Gasteiger partial charge in [-0.15, -0.1) is 0 Å². The maximum atomic E-state index is 11.9. The maximum absolute atomic E-state index is 11.9. The highest BCUT2D eigenvalue weighted by atomic mass is 32.2. The quantitative estimate of drug-likeness (QED) is 0.418. The molecule has 0 aromatic carbocycles. The van der Waals surface area contributed by atoms with Crippen LogP contribution in [0.15, 0.2) is 0 Å². The SMILES string of the molecule is CCCNS(=O)(=O)N(CCC(=N)N)CC(C)C. The average molecular weight is 264 g/mol. The van der Waals surface area contributed by atoms with Gasteiger partial charge in [0, 0.05) is 26.1 Å². The summed E-state index contributed by atoms with van der Waals surface area (Å²) in [5.74, 6) is 0.240. The zero-order valence-electron chi connectivity index (χ0n) is 10.9. The number of amidine groups is 1. The van der Waals surface area contributed by atoms with Gasteiger partial charge in [0.15, 0.2) is 0 Å². The maximum Gasteiger partial charge on any atom is 0.279 e. The monoisotopic (exact) mass is 264 g/mol. The molecule has 0 aliphatic carbocycles. The number of nitrogens with zero attached hydrogens (tertiary/aromatic N) is 1. The third-order valence-electron chi connectivity index (χ3n) is 2.07. The molecule has 0 spiro atoms. The van der Waals surface area contributed by atoms with Crippen molar-refractivity contribution >= 4 is 16.0 Å². The third-order valence-corrected chi connectivity index (χ3v) is 3.65. The second-order valence-corrected chi connectivity index (χ2v) is 6.18. The summed E-state index contributed by atoms with van der Waals surface area (Å²) < 4.78 is 27.8. The molecular formula is C10H24N4O2S. The summed E-state index contributed by atoms with van der Waals surface area (Å²) in [5.41, 5.74) is 5.26. The minimum absolute atomic E-state index is 0.00412. The topological polar surface area (TPSA) is 99.3 Å². The lowest BCUT2D eigenvalue weighted by molar-refractivity contribution is 0.368. The Morgan fingerprint density at radius 2 is 2.06 bits per heavy atom. The number of nitrogens with one attached hydrogen (secondary N) is 2. The van der Waals surface area contributed by atoms with E-state index >= 15 is 0 Å². The van der Waals surface area contributed by atoms with E-state index in [-0.39, 0.29) is 24.7 Å². The van der Waals surface area contributed by atoms with Gasteiger partial charge in [-0.1, -0.05) is 20.8 Å². The van der Waals surface area contributed by atoms with E-state index in [1.54, 1.807) is 0 Å². The highest BCUT2D eigenvalue weighted by Gasteiger charge is 2.21. The van der Waals surface area contributed by atoms with E-state index in [1.807, 2.05) is 20.8 Å². The molecule has 0 radical (unpaired) electrons. The number of nitrogens with two attached hydrogens (primary N) is 1. The summed E-state index contributed by atoms with van der Waals surface area (Å²) in [7, 11) is -3.44. The highest BCUT2D eigenvalue weighted by Crippen LogP contribution is 2.05. The number of rotatable bonds is 9. The molecule has 0 aliphatic rings. The summed E-state index contributed by atoms with van der Waals surface area (Å²) in [6.45, 7) is 6.94. The van der Waals surface area contributed by atoms with Gasteiger partial charge in [0.25, 0.3) is 10.2 Å². The lowest BCUT2D eigenvalue weighted by Crippen LogP contribution is -2.44. The van der Waals surface area contributed by atoms with Crippen molar-refractivity contribution in [2.45, 2.75) is 33.6 Å². The number of hydrogen-bond acceptors (Lipinski definition) is 3. The standard InChI is InChI=1S/C10H24N4O2S/c1-4-6-13-17(15,16)14(8-9(2)3)7-5-10(11)12/h9,13H,4-8H2,1-3H3,(H3,11,12). The summed E-state index contributed by atoms with van der Waals surface area (Å²) in [5, 5.41) is 7.15. The smallest absolute Gasteiger partial charge is 0.279 e. The fourth-order valence-electron chi connectivity index (χ4n) is 1.28. The van der Waals surface area contributed by atoms with Crippen LogP contribution in [0.2, 0.25) is 0 Å². The van der Waals surface area contributed by atoms with Crippen molar-refractivity contribution < 1.29 is 8.42 Å².